The number of fused-ring (bicyclic) bond motifs is 1. The maximum Gasteiger partial charge on any atom is 0.407 e. The largest absolute Gasteiger partial charge is 0.444 e. The predicted molar refractivity (Wildman–Crippen MR) is 85.7 cm³/mol. The molecule has 2 N–H and O–H groups in total. The number of nitriles is 1. The number of nitrogens with zero attached hydrogens (tertiary/aromatic N) is 1. The predicted octanol–water partition coefficient (Wildman–Crippen LogP) is 3.42. The molecule has 22 heavy (non-hydrogen) atoms. The highest BCUT2D eigenvalue weighted by atomic mass is 16.6. The fraction of sp³-hybridized carbons (Fsp3) is 0.412. The third kappa shape index (κ3) is 3.79. The van der Waals surface area contributed by atoms with Crippen LogP contribution in [0.25, 0.3) is 10.9 Å². The maximum atomic E-state index is 11.6. The van der Waals surface area contributed by atoms with Gasteiger partial charge < -0.3 is 15.0 Å². The van der Waals surface area contributed by atoms with E-state index in [-0.39, 0.29) is 0 Å². The Kier molecular flexibility index (Phi) is 4.41. The average molecular weight is 299 g/mol. The Morgan fingerprint density at radius 2 is 2.14 bits per heavy atom. The van der Waals surface area contributed by atoms with Crippen LogP contribution in [0.15, 0.2) is 18.2 Å². The minimum atomic E-state index is -0.492. The van der Waals surface area contributed by atoms with Crippen molar-refractivity contribution in [3.63, 3.8) is 0 Å². The summed E-state index contributed by atoms with van der Waals surface area (Å²) >= 11 is 0. The summed E-state index contributed by atoms with van der Waals surface area (Å²) in [6.07, 6.45) is 0.300. The Bertz CT molecular complexity index is 733. The van der Waals surface area contributed by atoms with Crippen LogP contribution in [0.4, 0.5) is 4.79 Å². The van der Waals surface area contributed by atoms with Crippen molar-refractivity contribution in [3.8, 4) is 6.07 Å². The van der Waals surface area contributed by atoms with Gasteiger partial charge in [0.15, 0.2) is 0 Å². The van der Waals surface area contributed by atoms with Crippen molar-refractivity contribution in [3.05, 3.63) is 35.0 Å². The molecule has 0 atom stereocenters. The number of aryl methyl sites for hydroxylation is 1. The highest BCUT2D eigenvalue weighted by Crippen LogP contribution is 2.23. The van der Waals surface area contributed by atoms with Gasteiger partial charge >= 0.3 is 6.09 Å². The number of rotatable bonds is 3. The molecule has 0 fully saturated rings. The van der Waals surface area contributed by atoms with Gasteiger partial charge in [0.05, 0.1) is 11.6 Å². The zero-order valence-corrected chi connectivity index (χ0v) is 13.4. The molecule has 0 saturated carbocycles. The van der Waals surface area contributed by atoms with Gasteiger partial charge in [-0.2, -0.15) is 5.26 Å². The lowest BCUT2D eigenvalue weighted by molar-refractivity contribution is 0.0528. The molecule has 0 unspecified atom stereocenters. The maximum absolute atomic E-state index is 11.6. The van der Waals surface area contributed by atoms with E-state index in [4.69, 9.17) is 10.00 Å². The molecule has 0 aliphatic rings. The van der Waals surface area contributed by atoms with Crippen molar-refractivity contribution in [2.24, 2.45) is 0 Å². The lowest BCUT2D eigenvalue weighted by atomic mass is 10.1. The number of ether oxygens (including phenoxy) is 1. The number of carbonyl (C=O) groups excluding carboxylic acids is 1. The Balaban J connectivity index is 2.05. The van der Waals surface area contributed by atoms with Crippen molar-refractivity contribution >= 4 is 17.0 Å². The Morgan fingerprint density at radius 1 is 1.41 bits per heavy atom. The van der Waals surface area contributed by atoms with E-state index < -0.39 is 11.7 Å². The smallest absolute Gasteiger partial charge is 0.407 e. The van der Waals surface area contributed by atoms with Crippen molar-refractivity contribution in [1.82, 2.24) is 10.3 Å². The van der Waals surface area contributed by atoms with Crippen LogP contribution in [0.1, 0.15) is 37.6 Å². The van der Waals surface area contributed by atoms with Crippen LogP contribution in [0.2, 0.25) is 0 Å². The first-order valence-electron chi connectivity index (χ1n) is 7.28. The molecule has 1 aromatic heterocycles. The first kappa shape index (κ1) is 15.9. The first-order valence-corrected chi connectivity index (χ1v) is 7.28. The number of aromatic nitrogens is 1. The zero-order valence-electron chi connectivity index (χ0n) is 13.4. The molecule has 5 heteroatoms. The van der Waals surface area contributed by atoms with Crippen molar-refractivity contribution in [2.45, 2.75) is 39.7 Å². The van der Waals surface area contributed by atoms with Crippen molar-refractivity contribution in [2.75, 3.05) is 6.54 Å². The summed E-state index contributed by atoms with van der Waals surface area (Å²) in [7, 11) is 0. The number of H-pyrrole nitrogens is 1. The third-order valence-electron chi connectivity index (χ3n) is 3.29. The van der Waals surface area contributed by atoms with Gasteiger partial charge in [-0.3, -0.25) is 0 Å². The SMILES string of the molecule is Cc1[nH]c2cc(C#N)ccc2c1CCNC(=O)OC(C)(C)C. The van der Waals surface area contributed by atoms with Gasteiger partial charge in [-0.05, 0) is 51.8 Å². The molecule has 5 nitrogen and oxygen atoms in total. The van der Waals surface area contributed by atoms with E-state index in [2.05, 4.69) is 16.4 Å². The monoisotopic (exact) mass is 299 g/mol. The summed E-state index contributed by atoms with van der Waals surface area (Å²) in [5.74, 6) is 0. The fourth-order valence-electron chi connectivity index (χ4n) is 2.39. The van der Waals surface area contributed by atoms with Gasteiger partial charge in [0.25, 0.3) is 0 Å². The zero-order chi connectivity index (χ0) is 16.3. The van der Waals surface area contributed by atoms with E-state index in [1.165, 1.54) is 0 Å². The topological polar surface area (TPSA) is 77.9 Å². The second-order valence-corrected chi connectivity index (χ2v) is 6.28. The van der Waals surface area contributed by atoms with E-state index in [1.807, 2.05) is 39.8 Å². The van der Waals surface area contributed by atoms with Gasteiger partial charge in [0.2, 0.25) is 0 Å². The van der Waals surface area contributed by atoms with E-state index in [9.17, 15) is 4.79 Å². The van der Waals surface area contributed by atoms with Gasteiger partial charge in [0.1, 0.15) is 5.60 Å². The molecule has 0 spiro atoms. The quantitative estimate of drug-likeness (QED) is 0.911. The lowest BCUT2D eigenvalue weighted by Gasteiger charge is -2.19. The average Bonchev–Trinajstić information content (AvgIpc) is 2.72. The first-order chi connectivity index (χ1) is 10.3. The molecule has 0 aliphatic heterocycles. The number of hydrogen-bond acceptors (Lipinski definition) is 3. The molecular formula is C17H21N3O2. The summed E-state index contributed by atoms with van der Waals surface area (Å²) in [6.45, 7) is 8.01. The highest BCUT2D eigenvalue weighted by molar-refractivity contribution is 5.85. The van der Waals surface area contributed by atoms with Crippen LogP contribution < -0.4 is 5.32 Å². The molecule has 1 aromatic carbocycles. The van der Waals surface area contributed by atoms with Crippen LogP contribution in [0.3, 0.4) is 0 Å². The summed E-state index contributed by atoms with van der Waals surface area (Å²) < 4.78 is 5.21. The van der Waals surface area contributed by atoms with Crippen LogP contribution in [0, 0.1) is 18.3 Å². The molecule has 0 aliphatic carbocycles. The minimum Gasteiger partial charge on any atom is -0.444 e. The van der Waals surface area contributed by atoms with Crippen molar-refractivity contribution < 1.29 is 9.53 Å². The summed E-state index contributed by atoms with van der Waals surface area (Å²) in [5, 5.41) is 12.8. The number of amides is 1. The molecule has 0 radical (unpaired) electrons. The van der Waals surface area contributed by atoms with Crippen LogP contribution in [0.5, 0.6) is 0 Å². The molecule has 116 valence electrons. The molecule has 1 heterocycles. The number of alkyl carbamates (subject to hydrolysis) is 1. The van der Waals surface area contributed by atoms with Crippen LogP contribution in [-0.4, -0.2) is 23.2 Å². The van der Waals surface area contributed by atoms with Crippen LogP contribution >= 0.6 is 0 Å². The normalized spacial score (nSPS) is 11.2. The molecular weight excluding hydrogens is 278 g/mol. The molecule has 2 rings (SSSR count). The number of aromatic amines is 1. The molecule has 2 aromatic rings. The molecule has 0 saturated heterocycles. The Hall–Kier alpha value is -2.48. The fourth-order valence-corrected chi connectivity index (χ4v) is 2.39. The summed E-state index contributed by atoms with van der Waals surface area (Å²) in [5.41, 5.74) is 3.29. The van der Waals surface area contributed by atoms with Gasteiger partial charge in [-0.25, -0.2) is 4.79 Å². The second-order valence-electron chi connectivity index (χ2n) is 6.28. The minimum absolute atomic E-state index is 0.406. The van der Waals surface area contributed by atoms with E-state index >= 15 is 0 Å². The Morgan fingerprint density at radius 3 is 2.77 bits per heavy atom. The van der Waals surface area contributed by atoms with Gasteiger partial charge in [-0.15, -0.1) is 0 Å². The number of nitrogens with one attached hydrogen (secondary N) is 2. The van der Waals surface area contributed by atoms with E-state index in [0.717, 1.165) is 22.2 Å². The van der Waals surface area contributed by atoms with Crippen LogP contribution in [-0.2, 0) is 11.2 Å². The standard InChI is InChI=1S/C17H21N3O2/c1-11-13(7-8-19-16(21)22-17(2,3)4)14-6-5-12(10-18)9-15(14)20-11/h5-6,9,20H,7-8H2,1-4H3,(H,19,21). The Labute approximate surface area is 130 Å². The van der Waals surface area contributed by atoms with Crippen molar-refractivity contribution in [1.29, 1.82) is 5.26 Å². The number of hydrogen-bond donors (Lipinski definition) is 2. The highest BCUT2D eigenvalue weighted by Gasteiger charge is 2.16. The third-order valence-corrected chi connectivity index (χ3v) is 3.29. The second kappa shape index (κ2) is 6.10. The van der Waals surface area contributed by atoms with Gasteiger partial charge in [0, 0.05) is 23.1 Å². The lowest BCUT2D eigenvalue weighted by Crippen LogP contribution is -2.33. The summed E-state index contributed by atoms with van der Waals surface area (Å²) in [6, 6.07) is 7.73. The van der Waals surface area contributed by atoms with Gasteiger partial charge in [-0.1, -0.05) is 6.07 Å². The number of benzene rings is 1. The summed E-state index contributed by atoms with van der Waals surface area (Å²) in [4.78, 5) is 14.9. The molecule has 0 bridgehead atoms. The van der Waals surface area contributed by atoms with E-state index in [1.54, 1.807) is 6.07 Å². The number of carbonyl (C=O) groups is 1. The molecule has 1 amide bonds. The van der Waals surface area contributed by atoms with E-state index in [0.29, 0.717) is 18.5 Å².